The number of hydrogen-bond donors (Lipinski definition) is 0. The molecule has 0 amide bonds. The molecule has 6 heteroatoms. The lowest BCUT2D eigenvalue weighted by atomic mass is 9.77. The Bertz CT molecular complexity index is 1250. The molecule has 4 rings (SSSR count). The maximum absolute atomic E-state index is 14.4. The van der Waals surface area contributed by atoms with E-state index in [1.165, 1.54) is 0 Å². The molecule has 0 N–H and O–H groups in total. The highest BCUT2D eigenvalue weighted by molar-refractivity contribution is 6.18. The van der Waals surface area contributed by atoms with Gasteiger partial charge < -0.3 is 9.13 Å². The number of nitrogens with zero attached hydrogens (tertiary/aromatic N) is 2. The van der Waals surface area contributed by atoms with Gasteiger partial charge in [0.15, 0.2) is 11.6 Å². The van der Waals surface area contributed by atoms with Gasteiger partial charge in [-0.25, -0.2) is 0 Å². The molecule has 2 heterocycles. The zero-order valence-electron chi connectivity index (χ0n) is 21.9. The van der Waals surface area contributed by atoms with Gasteiger partial charge in [-0.15, -0.1) is 23.2 Å². The SMILES string of the molecule is Cc1ccc(C(C(=O)c2ccccc2)C(C(=O)c2ccccc2)c2ccc(C)n2CCCCl)n1CCCCl. The molecule has 198 valence electrons. The second kappa shape index (κ2) is 13.1. The van der Waals surface area contributed by atoms with Crippen LogP contribution in [0.3, 0.4) is 0 Å². The van der Waals surface area contributed by atoms with Crippen molar-refractivity contribution in [3.63, 3.8) is 0 Å². The summed E-state index contributed by atoms with van der Waals surface area (Å²) in [5.74, 6) is -0.570. The molecule has 2 aromatic carbocycles. The first-order valence-corrected chi connectivity index (χ1v) is 14.2. The molecule has 0 aliphatic carbocycles. The van der Waals surface area contributed by atoms with Gasteiger partial charge in [0.1, 0.15) is 0 Å². The van der Waals surface area contributed by atoms with E-state index in [0.29, 0.717) is 36.0 Å². The predicted octanol–water partition coefficient (Wildman–Crippen LogP) is 7.80. The van der Waals surface area contributed by atoms with Crippen molar-refractivity contribution in [3.05, 3.63) is 119 Å². The molecule has 0 aliphatic heterocycles. The van der Waals surface area contributed by atoms with Crippen LogP contribution in [0.4, 0.5) is 0 Å². The van der Waals surface area contributed by atoms with Gasteiger partial charge in [-0.2, -0.15) is 0 Å². The summed E-state index contributed by atoms with van der Waals surface area (Å²) in [6.45, 7) is 5.41. The van der Waals surface area contributed by atoms with Crippen molar-refractivity contribution in [1.29, 1.82) is 0 Å². The topological polar surface area (TPSA) is 44.0 Å². The van der Waals surface area contributed by atoms with Gasteiger partial charge in [0.25, 0.3) is 0 Å². The molecule has 0 saturated heterocycles. The van der Waals surface area contributed by atoms with Crippen LogP contribution in [0.1, 0.15) is 68.2 Å². The second-order valence-corrected chi connectivity index (χ2v) is 10.4. The number of alkyl halides is 2. The van der Waals surface area contributed by atoms with Crippen molar-refractivity contribution in [2.45, 2.75) is 51.6 Å². The van der Waals surface area contributed by atoms with Gasteiger partial charge in [-0.05, 0) is 51.0 Å². The molecule has 2 unspecified atom stereocenters. The molecular formula is C32H34Cl2N2O2. The third-order valence-corrected chi connectivity index (χ3v) is 7.68. The van der Waals surface area contributed by atoms with E-state index in [1.807, 2.05) is 98.8 Å². The zero-order valence-corrected chi connectivity index (χ0v) is 23.5. The third-order valence-electron chi connectivity index (χ3n) is 7.15. The Morgan fingerprint density at radius 1 is 0.605 bits per heavy atom. The van der Waals surface area contributed by atoms with E-state index in [0.717, 1.165) is 35.6 Å². The van der Waals surface area contributed by atoms with E-state index in [2.05, 4.69) is 9.13 Å². The summed E-state index contributed by atoms with van der Waals surface area (Å²) < 4.78 is 4.30. The normalized spacial score (nSPS) is 12.8. The Labute approximate surface area is 235 Å². The zero-order chi connectivity index (χ0) is 27.1. The summed E-state index contributed by atoms with van der Waals surface area (Å²) in [6.07, 6.45) is 1.53. The Morgan fingerprint density at radius 3 is 1.32 bits per heavy atom. The first-order valence-electron chi connectivity index (χ1n) is 13.1. The number of benzene rings is 2. The molecular weight excluding hydrogens is 515 g/mol. The number of halogens is 2. The van der Waals surface area contributed by atoms with Gasteiger partial charge >= 0.3 is 0 Å². The number of ketones is 2. The first kappa shape index (κ1) is 27.9. The number of aryl methyl sites for hydroxylation is 2. The summed E-state index contributed by atoms with van der Waals surface area (Å²) in [4.78, 5) is 28.9. The van der Waals surface area contributed by atoms with Crippen LogP contribution in [0.2, 0.25) is 0 Å². The van der Waals surface area contributed by atoms with Gasteiger partial charge in [0.2, 0.25) is 0 Å². The average molecular weight is 550 g/mol. The van der Waals surface area contributed by atoms with Crippen LogP contribution in [0.25, 0.3) is 0 Å². The molecule has 0 radical (unpaired) electrons. The predicted molar refractivity (Wildman–Crippen MR) is 156 cm³/mol. The maximum atomic E-state index is 14.4. The van der Waals surface area contributed by atoms with Crippen molar-refractivity contribution in [1.82, 2.24) is 9.13 Å². The summed E-state index contributed by atoms with van der Waals surface area (Å²) in [5.41, 5.74) is 4.91. The fourth-order valence-electron chi connectivity index (χ4n) is 5.25. The monoisotopic (exact) mass is 548 g/mol. The molecule has 4 nitrogen and oxygen atoms in total. The summed E-state index contributed by atoms with van der Waals surface area (Å²) in [6, 6.07) is 26.6. The van der Waals surface area contributed by atoms with Gasteiger partial charge in [-0.1, -0.05) is 60.7 Å². The lowest BCUT2D eigenvalue weighted by Gasteiger charge is -2.29. The fourth-order valence-corrected chi connectivity index (χ4v) is 5.48. The van der Waals surface area contributed by atoms with E-state index in [9.17, 15) is 9.59 Å². The highest BCUT2D eigenvalue weighted by Gasteiger charge is 2.40. The molecule has 2 aromatic heterocycles. The number of Topliss-reactive ketones (excluding diaryl/α,β-unsaturated/α-hetero) is 2. The number of aromatic nitrogens is 2. The molecule has 0 saturated carbocycles. The Hall–Kier alpha value is -3.08. The van der Waals surface area contributed by atoms with E-state index < -0.39 is 11.8 Å². The van der Waals surface area contributed by atoms with Gasteiger partial charge in [0.05, 0.1) is 11.8 Å². The molecule has 0 spiro atoms. The summed E-state index contributed by atoms with van der Waals surface area (Å²) in [5, 5.41) is 0. The van der Waals surface area contributed by atoms with Crippen molar-refractivity contribution >= 4 is 34.8 Å². The Morgan fingerprint density at radius 2 is 0.974 bits per heavy atom. The van der Waals surface area contributed by atoms with E-state index in [-0.39, 0.29) is 11.6 Å². The minimum atomic E-state index is -0.724. The van der Waals surface area contributed by atoms with Crippen LogP contribution in [-0.4, -0.2) is 32.5 Å². The average Bonchev–Trinajstić information content (AvgIpc) is 3.50. The summed E-state index contributed by atoms with van der Waals surface area (Å²) in [7, 11) is 0. The van der Waals surface area contributed by atoms with Crippen LogP contribution in [0.5, 0.6) is 0 Å². The number of carbonyl (C=O) groups is 2. The highest BCUT2D eigenvalue weighted by atomic mass is 35.5. The van der Waals surface area contributed by atoms with Crippen LogP contribution < -0.4 is 0 Å². The number of hydrogen-bond acceptors (Lipinski definition) is 2. The van der Waals surface area contributed by atoms with E-state index in [4.69, 9.17) is 23.2 Å². The highest BCUT2D eigenvalue weighted by Crippen LogP contribution is 2.40. The minimum absolute atomic E-state index is 0.0761. The van der Waals surface area contributed by atoms with Gasteiger partial charge in [0, 0.05) is 58.8 Å². The van der Waals surface area contributed by atoms with Crippen LogP contribution in [0, 0.1) is 13.8 Å². The van der Waals surface area contributed by atoms with Crippen molar-refractivity contribution < 1.29 is 9.59 Å². The second-order valence-electron chi connectivity index (χ2n) is 9.60. The summed E-state index contributed by atoms with van der Waals surface area (Å²) >= 11 is 12.1. The molecule has 0 fully saturated rings. The van der Waals surface area contributed by atoms with Crippen molar-refractivity contribution in [2.75, 3.05) is 11.8 Å². The molecule has 38 heavy (non-hydrogen) atoms. The van der Waals surface area contributed by atoms with Crippen LogP contribution in [-0.2, 0) is 13.1 Å². The van der Waals surface area contributed by atoms with E-state index >= 15 is 0 Å². The molecule has 2 atom stereocenters. The maximum Gasteiger partial charge on any atom is 0.172 e. The minimum Gasteiger partial charge on any atom is -0.348 e. The molecule has 0 aliphatic rings. The number of rotatable bonds is 13. The Kier molecular flexibility index (Phi) is 9.65. The largest absolute Gasteiger partial charge is 0.348 e. The smallest absolute Gasteiger partial charge is 0.172 e. The van der Waals surface area contributed by atoms with Crippen LogP contribution >= 0.6 is 23.2 Å². The van der Waals surface area contributed by atoms with Crippen molar-refractivity contribution in [3.8, 4) is 0 Å². The lowest BCUT2D eigenvalue weighted by molar-refractivity contribution is 0.0859. The van der Waals surface area contributed by atoms with Gasteiger partial charge in [-0.3, -0.25) is 9.59 Å². The molecule has 0 bridgehead atoms. The van der Waals surface area contributed by atoms with Crippen molar-refractivity contribution in [2.24, 2.45) is 0 Å². The fraction of sp³-hybridized carbons (Fsp3) is 0.312. The quantitative estimate of drug-likeness (QED) is 0.126. The van der Waals surface area contributed by atoms with E-state index in [1.54, 1.807) is 0 Å². The first-order chi connectivity index (χ1) is 18.5. The standard InChI is InChI=1S/C32H34Cl2N2O2/c1-23-15-17-27(35(23)21-9-19-33)29(31(37)25-11-5-3-6-12-25)30(32(38)26-13-7-4-8-14-26)28-18-16-24(2)36(28)22-10-20-34/h3-8,11-18,29-30H,9-10,19-22H2,1-2H3. The lowest BCUT2D eigenvalue weighted by Crippen LogP contribution is -2.31. The molecule has 4 aromatic rings. The van der Waals surface area contributed by atoms with Crippen LogP contribution in [0.15, 0.2) is 84.9 Å². The Balaban J connectivity index is 1.97. The number of carbonyl (C=O) groups excluding carboxylic acids is 2. The third kappa shape index (κ3) is 5.98.